The molecule has 2 nitrogen and oxygen atoms in total. The molecule has 0 heterocycles. The quantitative estimate of drug-likeness (QED) is 0.900. The average molecular weight is 258 g/mol. The first-order chi connectivity index (χ1) is 8.07. The molecule has 0 saturated heterocycles. The van der Waals surface area contributed by atoms with E-state index in [0.29, 0.717) is 17.0 Å². The van der Waals surface area contributed by atoms with Crippen molar-refractivity contribution in [2.45, 2.75) is 37.3 Å². The Morgan fingerprint density at radius 1 is 1.53 bits per heavy atom. The van der Waals surface area contributed by atoms with E-state index in [1.54, 1.807) is 19.2 Å². The van der Waals surface area contributed by atoms with Crippen LogP contribution in [-0.4, -0.2) is 18.8 Å². The third kappa shape index (κ3) is 2.46. The zero-order valence-electron chi connectivity index (χ0n) is 9.88. The maximum absolute atomic E-state index is 13.6. The highest BCUT2D eigenvalue weighted by Crippen LogP contribution is 2.38. The van der Waals surface area contributed by atoms with Crippen LogP contribution in [-0.2, 0) is 11.2 Å². The highest BCUT2D eigenvalue weighted by atomic mass is 35.5. The fourth-order valence-corrected chi connectivity index (χ4v) is 2.57. The van der Waals surface area contributed by atoms with E-state index in [0.717, 1.165) is 19.3 Å². The Kier molecular flexibility index (Phi) is 3.71. The minimum absolute atomic E-state index is 0.186. The molecule has 0 spiro atoms. The van der Waals surface area contributed by atoms with Crippen LogP contribution in [0.4, 0.5) is 4.39 Å². The van der Waals surface area contributed by atoms with Gasteiger partial charge in [0.1, 0.15) is 5.82 Å². The van der Waals surface area contributed by atoms with Gasteiger partial charge in [0, 0.05) is 18.2 Å². The molecule has 94 valence electrons. The SMILES string of the molecule is COC1(C(N)Cc2cc(Cl)ccc2F)CCC1. The second-order valence-electron chi connectivity index (χ2n) is 4.67. The van der Waals surface area contributed by atoms with Crippen LogP contribution in [0.5, 0.6) is 0 Å². The highest BCUT2D eigenvalue weighted by Gasteiger charge is 2.42. The molecule has 0 bridgehead atoms. The van der Waals surface area contributed by atoms with Gasteiger partial charge < -0.3 is 10.5 Å². The van der Waals surface area contributed by atoms with Crippen molar-refractivity contribution in [1.29, 1.82) is 0 Å². The largest absolute Gasteiger partial charge is 0.377 e. The highest BCUT2D eigenvalue weighted by molar-refractivity contribution is 6.30. The van der Waals surface area contributed by atoms with Crippen LogP contribution in [0.25, 0.3) is 0 Å². The lowest BCUT2D eigenvalue weighted by atomic mass is 9.73. The van der Waals surface area contributed by atoms with Gasteiger partial charge in [-0.15, -0.1) is 0 Å². The van der Waals surface area contributed by atoms with Crippen molar-refractivity contribution in [3.05, 3.63) is 34.6 Å². The monoisotopic (exact) mass is 257 g/mol. The standard InChI is InChI=1S/C13H17ClFNO/c1-17-13(5-2-6-13)12(16)8-9-7-10(14)3-4-11(9)15/h3-4,7,12H,2,5-6,8,16H2,1H3. The van der Waals surface area contributed by atoms with Gasteiger partial charge in [0.25, 0.3) is 0 Å². The zero-order chi connectivity index (χ0) is 12.5. The van der Waals surface area contributed by atoms with Crippen LogP contribution in [0, 0.1) is 5.82 Å². The summed E-state index contributed by atoms with van der Waals surface area (Å²) in [5.74, 6) is -0.254. The second kappa shape index (κ2) is 4.92. The summed E-state index contributed by atoms with van der Waals surface area (Å²) < 4.78 is 19.1. The lowest BCUT2D eigenvalue weighted by Crippen LogP contribution is -2.55. The van der Waals surface area contributed by atoms with E-state index in [-0.39, 0.29) is 17.5 Å². The van der Waals surface area contributed by atoms with Gasteiger partial charge in [0.05, 0.1) is 5.60 Å². The Hall–Kier alpha value is -0.640. The third-order valence-corrected chi connectivity index (χ3v) is 3.96. The van der Waals surface area contributed by atoms with Gasteiger partial charge in [-0.25, -0.2) is 4.39 Å². The summed E-state index contributed by atoms with van der Waals surface area (Å²) in [6.07, 6.45) is 3.49. The molecule has 1 saturated carbocycles. The van der Waals surface area contributed by atoms with E-state index in [4.69, 9.17) is 22.1 Å². The average Bonchev–Trinajstić information content (AvgIpc) is 2.23. The Morgan fingerprint density at radius 2 is 2.24 bits per heavy atom. The smallest absolute Gasteiger partial charge is 0.126 e. The zero-order valence-corrected chi connectivity index (χ0v) is 10.6. The van der Waals surface area contributed by atoms with E-state index in [1.165, 1.54) is 6.07 Å². The molecule has 1 unspecified atom stereocenters. The molecule has 1 aliphatic rings. The van der Waals surface area contributed by atoms with E-state index in [9.17, 15) is 4.39 Å². The van der Waals surface area contributed by atoms with E-state index in [2.05, 4.69) is 0 Å². The van der Waals surface area contributed by atoms with Gasteiger partial charge in [0.15, 0.2) is 0 Å². The Bertz CT molecular complexity index is 401. The fourth-order valence-electron chi connectivity index (χ4n) is 2.37. The van der Waals surface area contributed by atoms with Crippen molar-refractivity contribution in [2.24, 2.45) is 5.73 Å². The first-order valence-corrected chi connectivity index (χ1v) is 6.20. The Balaban J connectivity index is 2.12. The number of benzene rings is 1. The fraction of sp³-hybridized carbons (Fsp3) is 0.538. The molecule has 0 amide bonds. The summed E-state index contributed by atoms with van der Waals surface area (Å²) in [6, 6.07) is 4.37. The number of methoxy groups -OCH3 is 1. The molecule has 2 N–H and O–H groups in total. The van der Waals surface area contributed by atoms with Crippen LogP contribution >= 0.6 is 11.6 Å². The molecule has 2 rings (SSSR count). The lowest BCUT2D eigenvalue weighted by Gasteiger charge is -2.45. The first-order valence-electron chi connectivity index (χ1n) is 5.82. The summed E-state index contributed by atoms with van der Waals surface area (Å²) in [4.78, 5) is 0. The minimum Gasteiger partial charge on any atom is -0.377 e. The summed E-state index contributed by atoms with van der Waals surface area (Å²) in [6.45, 7) is 0. The van der Waals surface area contributed by atoms with Crippen molar-refractivity contribution in [3.8, 4) is 0 Å². The summed E-state index contributed by atoms with van der Waals surface area (Å²) >= 11 is 5.86. The van der Waals surface area contributed by atoms with Crippen molar-refractivity contribution in [1.82, 2.24) is 0 Å². The summed E-state index contributed by atoms with van der Waals surface area (Å²) in [7, 11) is 1.67. The molecule has 1 aliphatic carbocycles. The maximum Gasteiger partial charge on any atom is 0.126 e. The Morgan fingerprint density at radius 3 is 2.76 bits per heavy atom. The first kappa shape index (κ1) is 12.8. The van der Waals surface area contributed by atoms with Gasteiger partial charge >= 0.3 is 0 Å². The molecule has 17 heavy (non-hydrogen) atoms. The van der Waals surface area contributed by atoms with Gasteiger partial charge in [-0.05, 0) is 49.4 Å². The van der Waals surface area contributed by atoms with Crippen LogP contribution in [0.15, 0.2) is 18.2 Å². The number of rotatable bonds is 4. The predicted octanol–water partition coefficient (Wildman–Crippen LogP) is 2.92. The molecule has 1 atom stereocenters. The Labute approximate surface area is 106 Å². The van der Waals surface area contributed by atoms with E-state index in [1.807, 2.05) is 0 Å². The van der Waals surface area contributed by atoms with Crippen LogP contribution in [0.1, 0.15) is 24.8 Å². The van der Waals surface area contributed by atoms with Crippen molar-refractivity contribution < 1.29 is 9.13 Å². The summed E-state index contributed by atoms with van der Waals surface area (Å²) in [5, 5.41) is 0.536. The predicted molar refractivity (Wildman–Crippen MR) is 66.7 cm³/mol. The molecular formula is C13H17ClFNO. The van der Waals surface area contributed by atoms with Gasteiger partial charge in [0.2, 0.25) is 0 Å². The number of ether oxygens (including phenoxy) is 1. The molecule has 1 fully saturated rings. The van der Waals surface area contributed by atoms with Gasteiger partial charge in [-0.2, -0.15) is 0 Å². The maximum atomic E-state index is 13.6. The van der Waals surface area contributed by atoms with Crippen molar-refractivity contribution in [2.75, 3.05) is 7.11 Å². The molecule has 0 aliphatic heterocycles. The minimum atomic E-state index is -0.269. The van der Waals surface area contributed by atoms with E-state index < -0.39 is 0 Å². The number of halogens is 2. The molecule has 0 aromatic heterocycles. The number of hydrogen-bond acceptors (Lipinski definition) is 2. The van der Waals surface area contributed by atoms with Crippen LogP contribution < -0.4 is 5.73 Å². The van der Waals surface area contributed by atoms with Crippen LogP contribution in [0.2, 0.25) is 5.02 Å². The van der Waals surface area contributed by atoms with Crippen LogP contribution in [0.3, 0.4) is 0 Å². The summed E-state index contributed by atoms with van der Waals surface area (Å²) in [5.41, 5.74) is 6.43. The van der Waals surface area contributed by atoms with Gasteiger partial charge in [-0.3, -0.25) is 0 Å². The number of hydrogen-bond donors (Lipinski definition) is 1. The lowest BCUT2D eigenvalue weighted by molar-refractivity contribution is -0.0898. The second-order valence-corrected chi connectivity index (χ2v) is 5.11. The normalized spacial score (nSPS) is 19.8. The van der Waals surface area contributed by atoms with E-state index >= 15 is 0 Å². The molecule has 0 radical (unpaired) electrons. The van der Waals surface area contributed by atoms with Gasteiger partial charge in [-0.1, -0.05) is 11.6 Å². The third-order valence-electron chi connectivity index (χ3n) is 3.73. The topological polar surface area (TPSA) is 35.2 Å². The molecule has 4 heteroatoms. The molecular weight excluding hydrogens is 241 g/mol. The molecule has 1 aromatic rings. The van der Waals surface area contributed by atoms with Crippen molar-refractivity contribution >= 4 is 11.6 Å². The molecule has 1 aromatic carbocycles. The number of nitrogens with two attached hydrogens (primary N) is 1. The van der Waals surface area contributed by atoms with Crippen molar-refractivity contribution in [3.63, 3.8) is 0 Å².